The fraction of sp³-hybridized carbons (Fsp3) is 0.367. The molecule has 1 fully saturated rings. The van der Waals surface area contributed by atoms with E-state index in [9.17, 15) is 12.8 Å². The number of unbranched alkanes of at least 4 members (excludes halogenated alkanes) is 1. The van der Waals surface area contributed by atoms with Crippen molar-refractivity contribution in [3.8, 4) is 22.9 Å². The van der Waals surface area contributed by atoms with Gasteiger partial charge in [0.1, 0.15) is 11.4 Å². The molecule has 0 amide bonds. The normalized spacial score (nSPS) is 19.0. The van der Waals surface area contributed by atoms with Crippen molar-refractivity contribution in [1.29, 1.82) is 0 Å². The number of hydrogen-bond donors (Lipinski definition) is 3. The molecule has 3 heterocycles. The molecule has 4 aromatic rings. The number of sulfonamides is 1. The predicted octanol–water partition coefficient (Wildman–Crippen LogP) is 5.98. The number of aromatic nitrogens is 3. The number of piperidine rings is 1. The van der Waals surface area contributed by atoms with E-state index in [1.807, 2.05) is 6.92 Å². The molecule has 0 radical (unpaired) electrons. The van der Waals surface area contributed by atoms with Crippen LogP contribution in [0.1, 0.15) is 38.7 Å². The third kappa shape index (κ3) is 6.60. The van der Waals surface area contributed by atoms with Gasteiger partial charge in [0.15, 0.2) is 5.82 Å². The maximum atomic E-state index is 15.8. The van der Waals surface area contributed by atoms with Crippen molar-refractivity contribution in [1.82, 2.24) is 20.3 Å². The molecule has 222 valence electrons. The predicted molar refractivity (Wildman–Crippen MR) is 161 cm³/mol. The summed E-state index contributed by atoms with van der Waals surface area (Å²) in [6.07, 6.45) is 4.62. The zero-order valence-electron chi connectivity index (χ0n) is 23.7. The molecular weight excluding hydrogens is 562 g/mol. The van der Waals surface area contributed by atoms with E-state index in [-0.39, 0.29) is 34.7 Å². The van der Waals surface area contributed by atoms with Gasteiger partial charge in [-0.25, -0.2) is 32.2 Å². The van der Waals surface area contributed by atoms with Crippen molar-refractivity contribution in [2.75, 3.05) is 28.9 Å². The summed E-state index contributed by atoms with van der Waals surface area (Å²) in [5, 5.41) is 7.17. The summed E-state index contributed by atoms with van der Waals surface area (Å²) in [6.45, 7) is 5.86. The monoisotopic (exact) mass is 596 g/mol. The first-order chi connectivity index (χ1) is 20.1. The number of halogens is 2. The number of rotatable bonds is 10. The van der Waals surface area contributed by atoms with Gasteiger partial charge in [-0.05, 0) is 38.5 Å². The molecule has 2 aromatic heterocycles. The van der Waals surface area contributed by atoms with Crippen LogP contribution in [-0.2, 0) is 10.0 Å². The molecule has 1 aliphatic rings. The second-order valence-electron chi connectivity index (χ2n) is 10.8. The number of pyridine rings is 1. The summed E-state index contributed by atoms with van der Waals surface area (Å²) >= 11 is 0. The number of benzene rings is 2. The molecule has 9 nitrogen and oxygen atoms in total. The molecule has 0 spiro atoms. The van der Waals surface area contributed by atoms with E-state index in [0.717, 1.165) is 0 Å². The minimum atomic E-state index is -3.75. The summed E-state index contributed by atoms with van der Waals surface area (Å²) in [5.41, 5.74) is -0.277. The molecular formula is C30H34F2N6O3S. The van der Waals surface area contributed by atoms with Crippen molar-refractivity contribution < 1.29 is 21.9 Å². The Morgan fingerprint density at radius 1 is 1.12 bits per heavy atom. The summed E-state index contributed by atoms with van der Waals surface area (Å²) < 4.78 is 64.4. The lowest BCUT2D eigenvalue weighted by Crippen LogP contribution is -2.50. The van der Waals surface area contributed by atoms with Crippen molar-refractivity contribution >= 4 is 32.4 Å². The van der Waals surface area contributed by atoms with Gasteiger partial charge in [0.2, 0.25) is 21.9 Å². The first-order valence-electron chi connectivity index (χ1n) is 13.9. The highest BCUT2D eigenvalue weighted by molar-refractivity contribution is 7.92. The summed E-state index contributed by atoms with van der Waals surface area (Å²) in [5.74, 6) is -0.106. The Balaban J connectivity index is 1.49. The molecule has 12 heteroatoms. The first kappa shape index (κ1) is 29.6. The zero-order valence-corrected chi connectivity index (χ0v) is 24.6. The van der Waals surface area contributed by atoms with E-state index in [1.165, 1.54) is 6.92 Å². The van der Waals surface area contributed by atoms with Gasteiger partial charge in [-0.2, -0.15) is 0 Å². The average Bonchev–Trinajstić information content (AvgIpc) is 2.96. The Kier molecular flexibility index (Phi) is 8.55. The molecule has 3 N–H and O–H groups in total. The molecule has 0 bridgehead atoms. The quantitative estimate of drug-likeness (QED) is 0.205. The van der Waals surface area contributed by atoms with Crippen LogP contribution in [0.2, 0.25) is 0 Å². The Hall–Kier alpha value is -3.90. The highest BCUT2D eigenvalue weighted by atomic mass is 32.2. The maximum Gasteiger partial charge on any atom is 0.232 e. The number of anilines is 2. The zero-order chi connectivity index (χ0) is 29.9. The van der Waals surface area contributed by atoms with E-state index >= 15 is 4.39 Å². The van der Waals surface area contributed by atoms with Gasteiger partial charge in [0.05, 0.1) is 22.7 Å². The second kappa shape index (κ2) is 12.1. The summed E-state index contributed by atoms with van der Waals surface area (Å²) in [6, 6.07) is 11.9. The highest BCUT2D eigenvalue weighted by Crippen LogP contribution is 2.42. The lowest BCUT2D eigenvalue weighted by atomic mass is 9.95. The SMILES string of the molecule is CCCCS(=O)(=O)Nc1c(F)c(C)c(Oc2ncccc2-c2ccnc(N[C@@H]3CNC[C@@](C)(F)C3)n2)c2ccccc12. The molecule has 2 atom stereocenters. The lowest BCUT2D eigenvalue weighted by molar-refractivity contribution is 0.137. The van der Waals surface area contributed by atoms with Crippen molar-refractivity contribution in [2.45, 2.75) is 51.7 Å². The molecule has 5 rings (SSSR count). The number of fused-ring (bicyclic) bond motifs is 1. The van der Waals surface area contributed by atoms with Gasteiger partial charge in [-0.1, -0.05) is 37.6 Å². The van der Waals surface area contributed by atoms with Gasteiger partial charge >= 0.3 is 0 Å². The minimum Gasteiger partial charge on any atom is -0.437 e. The van der Waals surface area contributed by atoms with Crippen LogP contribution in [0.5, 0.6) is 11.6 Å². The minimum absolute atomic E-state index is 0.105. The number of nitrogens with zero attached hydrogens (tertiary/aromatic N) is 3. The molecule has 42 heavy (non-hydrogen) atoms. The lowest BCUT2D eigenvalue weighted by Gasteiger charge is -2.33. The number of nitrogens with one attached hydrogen (secondary N) is 3. The van der Waals surface area contributed by atoms with Crippen molar-refractivity contribution in [3.05, 3.63) is 66.2 Å². The number of alkyl halides is 1. The molecule has 1 aliphatic heterocycles. The van der Waals surface area contributed by atoms with Gasteiger partial charge in [0.25, 0.3) is 0 Å². The van der Waals surface area contributed by atoms with E-state index in [4.69, 9.17) is 4.74 Å². The Labute approximate surface area is 244 Å². The van der Waals surface area contributed by atoms with Crippen LogP contribution < -0.4 is 20.1 Å². The molecule has 0 saturated carbocycles. The van der Waals surface area contributed by atoms with E-state index in [2.05, 4.69) is 30.3 Å². The van der Waals surface area contributed by atoms with Crippen molar-refractivity contribution in [2.24, 2.45) is 0 Å². The van der Waals surface area contributed by atoms with E-state index in [1.54, 1.807) is 61.8 Å². The Morgan fingerprint density at radius 2 is 1.90 bits per heavy atom. The molecule has 0 aliphatic carbocycles. The standard InChI is InChI=1S/C30H34F2N6O3S/c1-4-5-15-42(39,40)38-26-21-9-6-7-10-22(21)27(19(2)25(26)31)41-28-23(11-8-13-34-28)24-12-14-35-29(37-24)36-20-16-30(3,32)18-33-17-20/h6-14,20,33,38H,4-5,15-18H2,1-3H3,(H,35,36,37)/t20-,30-/m0/s1. The van der Waals surface area contributed by atoms with Crippen LogP contribution >= 0.6 is 0 Å². The van der Waals surface area contributed by atoms with Gasteiger partial charge in [0, 0.05) is 54.3 Å². The first-order valence-corrected chi connectivity index (χ1v) is 15.6. The van der Waals surface area contributed by atoms with E-state index in [0.29, 0.717) is 60.3 Å². The van der Waals surface area contributed by atoms with Crippen molar-refractivity contribution in [3.63, 3.8) is 0 Å². The number of ether oxygens (including phenoxy) is 1. The smallest absolute Gasteiger partial charge is 0.232 e. The summed E-state index contributed by atoms with van der Waals surface area (Å²) in [4.78, 5) is 13.3. The van der Waals surface area contributed by atoms with Crippen LogP contribution in [0.15, 0.2) is 54.9 Å². The fourth-order valence-electron chi connectivity index (χ4n) is 5.07. The van der Waals surface area contributed by atoms with Crippen LogP contribution in [-0.4, -0.2) is 53.9 Å². The molecule has 1 saturated heterocycles. The van der Waals surface area contributed by atoms with Gasteiger partial charge in [-0.15, -0.1) is 0 Å². The number of hydrogen-bond acceptors (Lipinski definition) is 8. The van der Waals surface area contributed by atoms with Gasteiger partial charge < -0.3 is 15.4 Å². The third-order valence-electron chi connectivity index (χ3n) is 7.15. The van der Waals surface area contributed by atoms with E-state index < -0.39 is 21.5 Å². The van der Waals surface area contributed by atoms with Crippen LogP contribution in [0, 0.1) is 12.7 Å². The average molecular weight is 597 g/mol. The Bertz CT molecular complexity index is 1700. The topological polar surface area (TPSA) is 118 Å². The van der Waals surface area contributed by atoms with Crippen LogP contribution in [0.4, 0.5) is 20.4 Å². The molecule has 0 unspecified atom stereocenters. The second-order valence-corrected chi connectivity index (χ2v) is 12.6. The third-order valence-corrected chi connectivity index (χ3v) is 8.49. The largest absolute Gasteiger partial charge is 0.437 e. The maximum absolute atomic E-state index is 15.8. The fourth-order valence-corrected chi connectivity index (χ4v) is 6.35. The Morgan fingerprint density at radius 3 is 2.67 bits per heavy atom. The van der Waals surface area contributed by atoms with Crippen LogP contribution in [0.3, 0.4) is 0 Å². The molecule has 2 aromatic carbocycles. The van der Waals surface area contributed by atoms with Crippen LogP contribution in [0.25, 0.3) is 22.0 Å². The summed E-state index contributed by atoms with van der Waals surface area (Å²) in [7, 11) is -3.75. The van der Waals surface area contributed by atoms with Gasteiger partial charge in [-0.3, -0.25) is 4.72 Å². The highest BCUT2D eigenvalue weighted by Gasteiger charge is 2.32.